The van der Waals surface area contributed by atoms with Crippen LogP contribution in [-0.4, -0.2) is 27.9 Å². The molecule has 7 heteroatoms. The van der Waals surface area contributed by atoms with Crippen molar-refractivity contribution in [2.45, 2.75) is 20.8 Å². The summed E-state index contributed by atoms with van der Waals surface area (Å²) in [4.78, 5) is 0. The molecule has 0 saturated heterocycles. The summed E-state index contributed by atoms with van der Waals surface area (Å²) in [6, 6.07) is 5.45. The summed E-state index contributed by atoms with van der Waals surface area (Å²) >= 11 is 3.40. The van der Waals surface area contributed by atoms with Crippen molar-refractivity contribution in [2.75, 3.05) is 19.5 Å². The third kappa shape index (κ3) is 6.04. The molecule has 1 aromatic carbocycles. The van der Waals surface area contributed by atoms with Crippen LogP contribution in [0, 0.1) is 11.3 Å². The molecule has 0 heterocycles. The van der Waals surface area contributed by atoms with Crippen molar-refractivity contribution in [3.05, 3.63) is 22.7 Å². The lowest BCUT2D eigenvalue weighted by Crippen LogP contribution is -2.31. The molecule has 1 rings (SSSR count). The van der Waals surface area contributed by atoms with Gasteiger partial charge in [0, 0.05) is 16.6 Å². The molecule has 0 aromatic heterocycles. The van der Waals surface area contributed by atoms with E-state index >= 15 is 0 Å². The molecular weight excluding hydrogens is 380 g/mol. The monoisotopic (exact) mass is 398 g/mol. The van der Waals surface area contributed by atoms with Gasteiger partial charge in [-0.3, -0.25) is 0 Å². The molecule has 0 N–H and O–H groups in total. The minimum atomic E-state index is -3.59. The number of benzene rings is 1. The van der Waals surface area contributed by atoms with E-state index in [-0.39, 0.29) is 23.7 Å². The predicted octanol–water partition coefficient (Wildman–Crippen LogP) is 4.07. The highest BCUT2D eigenvalue weighted by Gasteiger charge is 2.30. The minimum Gasteiger partial charge on any atom is -0.493 e. The molecule has 0 aliphatic rings. The van der Waals surface area contributed by atoms with Crippen LogP contribution in [0.1, 0.15) is 20.8 Å². The Morgan fingerprint density at radius 1 is 1.33 bits per heavy atom. The molecule has 0 aliphatic heterocycles. The van der Waals surface area contributed by atoms with Crippen molar-refractivity contribution in [2.24, 2.45) is 11.3 Å². The van der Waals surface area contributed by atoms with Crippen LogP contribution in [-0.2, 0) is 9.05 Å². The fourth-order valence-corrected chi connectivity index (χ4v) is 3.76. The van der Waals surface area contributed by atoms with Crippen LogP contribution in [0.3, 0.4) is 0 Å². The topological polar surface area (TPSA) is 52.6 Å². The molecule has 0 saturated carbocycles. The number of methoxy groups -OCH3 is 1. The van der Waals surface area contributed by atoms with E-state index in [9.17, 15) is 8.42 Å². The summed E-state index contributed by atoms with van der Waals surface area (Å²) in [5.74, 6) is 0.772. The quantitative estimate of drug-likeness (QED) is 0.677. The van der Waals surface area contributed by atoms with Gasteiger partial charge < -0.3 is 9.47 Å². The summed E-state index contributed by atoms with van der Waals surface area (Å²) in [5, 5.41) is 0. The highest BCUT2D eigenvalue weighted by Crippen LogP contribution is 2.36. The first-order valence-corrected chi connectivity index (χ1v) is 9.69. The van der Waals surface area contributed by atoms with Gasteiger partial charge in [-0.05, 0) is 33.5 Å². The lowest BCUT2D eigenvalue weighted by atomic mass is 9.82. The smallest absolute Gasteiger partial charge is 0.233 e. The summed E-state index contributed by atoms with van der Waals surface area (Å²) in [7, 11) is 3.36. The second-order valence-corrected chi connectivity index (χ2v) is 9.53. The fraction of sp³-hybridized carbons (Fsp3) is 0.571. The highest BCUT2D eigenvalue weighted by molar-refractivity contribution is 9.10. The molecule has 1 aromatic rings. The van der Waals surface area contributed by atoms with E-state index in [1.807, 2.05) is 32.9 Å². The Hall–Kier alpha value is -0.460. The van der Waals surface area contributed by atoms with E-state index < -0.39 is 9.05 Å². The Morgan fingerprint density at radius 2 is 1.95 bits per heavy atom. The largest absolute Gasteiger partial charge is 0.493 e. The summed E-state index contributed by atoms with van der Waals surface area (Å²) in [6.07, 6.45) is 0. The Kier molecular flexibility index (Phi) is 6.37. The van der Waals surface area contributed by atoms with Gasteiger partial charge in [-0.25, -0.2) is 8.42 Å². The summed E-state index contributed by atoms with van der Waals surface area (Å²) in [6.45, 7) is 6.11. The van der Waals surface area contributed by atoms with E-state index in [0.717, 1.165) is 4.47 Å². The van der Waals surface area contributed by atoms with E-state index in [0.29, 0.717) is 11.5 Å². The highest BCUT2D eigenvalue weighted by atomic mass is 79.9. The first-order valence-electron chi connectivity index (χ1n) is 6.42. The number of hydrogen-bond acceptors (Lipinski definition) is 4. The normalized spacial score (nSPS) is 13.8. The lowest BCUT2D eigenvalue weighted by molar-refractivity contribution is 0.159. The van der Waals surface area contributed by atoms with Gasteiger partial charge in [-0.15, -0.1) is 0 Å². The van der Waals surface area contributed by atoms with Gasteiger partial charge in [-0.2, -0.15) is 0 Å². The zero-order valence-corrected chi connectivity index (χ0v) is 15.7. The maximum absolute atomic E-state index is 11.4. The number of halogens is 2. The number of rotatable bonds is 6. The number of hydrogen-bond donors (Lipinski definition) is 0. The van der Waals surface area contributed by atoms with Crippen molar-refractivity contribution in [3.8, 4) is 11.5 Å². The molecule has 0 amide bonds. The van der Waals surface area contributed by atoms with E-state index in [1.54, 1.807) is 13.2 Å². The zero-order valence-electron chi connectivity index (χ0n) is 12.5. The first kappa shape index (κ1) is 18.6. The van der Waals surface area contributed by atoms with E-state index in [1.165, 1.54) is 0 Å². The Labute approximate surface area is 139 Å². The molecule has 21 heavy (non-hydrogen) atoms. The van der Waals surface area contributed by atoms with Gasteiger partial charge in [0.2, 0.25) is 9.05 Å². The standard InChI is InChI=1S/C14H20BrClO4S/c1-14(2,3)10(9-21(16,17)18)8-20-13-11(15)6-5-7-12(13)19-4/h5-7,10H,8-9H2,1-4H3. The van der Waals surface area contributed by atoms with Gasteiger partial charge in [0.1, 0.15) is 0 Å². The maximum Gasteiger partial charge on any atom is 0.233 e. The Bertz CT molecular complexity index is 581. The second kappa shape index (κ2) is 7.20. The second-order valence-electron chi connectivity index (χ2n) is 5.85. The summed E-state index contributed by atoms with van der Waals surface area (Å²) < 4.78 is 34.5. The zero-order chi connectivity index (χ0) is 16.3. The molecule has 0 spiro atoms. The third-order valence-corrected chi connectivity index (χ3v) is 5.01. The third-order valence-electron chi connectivity index (χ3n) is 3.20. The number of para-hydroxylation sites is 1. The molecule has 1 unspecified atom stereocenters. The average Bonchev–Trinajstić information content (AvgIpc) is 2.32. The Balaban J connectivity index is 2.92. The van der Waals surface area contributed by atoms with Crippen LogP contribution in [0.2, 0.25) is 0 Å². The van der Waals surface area contributed by atoms with Gasteiger partial charge in [-0.1, -0.05) is 26.8 Å². The van der Waals surface area contributed by atoms with Crippen molar-refractivity contribution < 1.29 is 17.9 Å². The van der Waals surface area contributed by atoms with Crippen LogP contribution in [0.5, 0.6) is 11.5 Å². The van der Waals surface area contributed by atoms with Crippen LogP contribution in [0.25, 0.3) is 0 Å². The van der Waals surface area contributed by atoms with Crippen molar-refractivity contribution in [1.82, 2.24) is 0 Å². The first-order chi connectivity index (χ1) is 9.54. The molecule has 0 fully saturated rings. The minimum absolute atomic E-state index is 0.134. The van der Waals surface area contributed by atoms with Crippen molar-refractivity contribution >= 4 is 35.7 Å². The Morgan fingerprint density at radius 3 is 2.43 bits per heavy atom. The van der Waals surface area contributed by atoms with Gasteiger partial charge in [0.25, 0.3) is 0 Å². The van der Waals surface area contributed by atoms with Gasteiger partial charge in [0.05, 0.1) is 23.9 Å². The molecular formula is C14H20BrClO4S. The van der Waals surface area contributed by atoms with Crippen LogP contribution >= 0.6 is 26.6 Å². The van der Waals surface area contributed by atoms with E-state index in [4.69, 9.17) is 20.2 Å². The molecule has 0 bridgehead atoms. The average molecular weight is 400 g/mol. The predicted molar refractivity (Wildman–Crippen MR) is 88.8 cm³/mol. The SMILES string of the molecule is COc1cccc(Br)c1OCC(CS(=O)(=O)Cl)C(C)(C)C. The molecule has 0 radical (unpaired) electrons. The van der Waals surface area contributed by atoms with Crippen LogP contribution < -0.4 is 9.47 Å². The van der Waals surface area contributed by atoms with Gasteiger partial charge in [0.15, 0.2) is 11.5 Å². The summed E-state index contributed by atoms with van der Waals surface area (Å²) in [5.41, 5.74) is -0.254. The van der Waals surface area contributed by atoms with Crippen molar-refractivity contribution in [3.63, 3.8) is 0 Å². The fourth-order valence-electron chi connectivity index (χ4n) is 1.76. The van der Waals surface area contributed by atoms with E-state index in [2.05, 4.69) is 15.9 Å². The van der Waals surface area contributed by atoms with Crippen LogP contribution in [0.15, 0.2) is 22.7 Å². The van der Waals surface area contributed by atoms with Gasteiger partial charge >= 0.3 is 0 Å². The van der Waals surface area contributed by atoms with Crippen molar-refractivity contribution in [1.29, 1.82) is 0 Å². The van der Waals surface area contributed by atoms with Crippen LogP contribution in [0.4, 0.5) is 0 Å². The molecule has 1 atom stereocenters. The maximum atomic E-state index is 11.4. The molecule has 0 aliphatic carbocycles. The molecule has 4 nitrogen and oxygen atoms in total. The number of ether oxygens (including phenoxy) is 2. The lowest BCUT2D eigenvalue weighted by Gasteiger charge is -2.30. The molecule has 120 valence electrons.